The van der Waals surface area contributed by atoms with Gasteiger partial charge >= 0.3 is 0 Å². The molecule has 4 rings (SSSR count). The lowest BCUT2D eigenvalue weighted by Crippen LogP contribution is -2.17. The van der Waals surface area contributed by atoms with Gasteiger partial charge in [-0.15, -0.1) is 0 Å². The van der Waals surface area contributed by atoms with Gasteiger partial charge in [-0.25, -0.2) is 18.1 Å². The van der Waals surface area contributed by atoms with Crippen molar-refractivity contribution in [2.45, 2.75) is 11.8 Å². The number of para-hydroxylation sites is 3. The number of rotatable bonds is 4. The largest absolute Gasteiger partial charge is 0.278 e. The second kappa shape index (κ2) is 6.40. The van der Waals surface area contributed by atoms with Crippen LogP contribution in [-0.2, 0) is 17.1 Å². The molecule has 2 aromatic heterocycles. The van der Waals surface area contributed by atoms with Crippen LogP contribution in [0.15, 0.2) is 59.5 Å². The molecule has 0 atom stereocenters. The summed E-state index contributed by atoms with van der Waals surface area (Å²) in [4.78, 5) is 4.41. The Morgan fingerprint density at radius 1 is 1.04 bits per heavy atom. The molecule has 0 aliphatic carbocycles. The smallest absolute Gasteiger partial charge is 0.269 e. The van der Waals surface area contributed by atoms with Crippen LogP contribution in [-0.4, -0.2) is 27.7 Å². The SMILES string of the molecule is Cc1nn(C)c(Cl)c1S(=O)(=O)Nc1nc2ccccc2n1-c1ccccc1. The highest BCUT2D eigenvalue weighted by Crippen LogP contribution is 2.29. The van der Waals surface area contributed by atoms with Gasteiger partial charge in [-0.3, -0.25) is 9.25 Å². The summed E-state index contributed by atoms with van der Waals surface area (Å²) in [6.07, 6.45) is 0. The predicted octanol–water partition coefficient (Wildman–Crippen LogP) is 3.52. The first-order valence-corrected chi connectivity index (χ1v) is 9.99. The van der Waals surface area contributed by atoms with Crippen molar-refractivity contribution < 1.29 is 8.42 Å². The first-order valence-electron chi connectivity index (χ1n) is 8.13. The number of nitrogens with zero attached hydrogens (tertiary/aromatic N) is 4. The van der Waals surface area contributed by atoms with Crippen molar-refractivity contribution in [1.82, 2.24) is 19.3 Å². The highest BCUT2D eigenvalue weighted by Gasteiger charge is 2.27. The van der Waals surface area contributed by atoms with Crippen LogP contribution in [0.4, 0.5) is 5.95 Å². The molecule has 4 aromatic rings. The molecule has 1 N–H and O–H groups in total. The lowest BCUT2D eigenvalue weighted by atomic mass is 10.3. The third-order valence-corrected chi connectivity index (χ3v) is 6.19. The van der Waals surface area contributed by atoms with Crippen LogP contribution in [0.2, 0.25) is 5.15 Å². The van der Waals surface area contributed by atoms with E-state index in [-0.39, 0.29) is 16.0 Å². The third-order valence-electron chi connectivity index (χ3n) is 4.17. The van der Waals surface area contributed by atoms with Crippen LogP contribution in [0.5, 0.6) is 0 Å². The van der Waals surface area contributed by atoms with E-state index >= 15 is 0 Å². The summed E-state index contributed by atoms with van der Waals surface area (Å²) < 4.78 is 31.7. The van der Waals surface area contributed by atoms with Gasteiger partial charge in [0.2, 0.25) is 5.95 Å². The summed E-state index contributed by atoms with van der Waals surface area (Å²) in [5.74, 6) is 0.182. The second-order valence-corrected chi connectivity index (χ2v) is 8.01. The maximum atomic E-state index is 13.0. The number of aryl methyl sites for hydroxylation is 2. The van der Waals surface area contributed by atoms with E-state index in [2.05, 4.69) is 14.8 Å². The fourth-order valence-corrected chi connectivity index (χ4v) is 4.76. The maximum Gasteiger partial charge on any atom is 0.269 e. The molecule has 0 bridgehead atoms. The molecule has 0 radical (unpaired) electrons. The second-order valence-electron chi connectivity index (χ2n) is 6.03. The van der Waals surface area contributed by atoms with Gasteiger partial charge in [0, 0.05) is 12.7 Å². The minimum atomic E-state index is -3.98. The zero-order valence-corrected chi connectivity index (χ0v) is 16.2. The van der Waals surface area contributed by atoms with E-state index < -0.39 is 10.0 Å². The van der Waals surface area contributed by atoms with E-state index in [4.69, 9.17) is 11.6 Å². The molecule has 138 valence electrons. The minimum absolute atomic E-state index is 0.0439. The van der Waals surface area contributed by atoms with Gasteiger partial charge in [-0.1, -0.05) is 41.9 Å². The summed E-state index contributed by atoms with van der Waals surface area (Å²) in [5, 5.41) is 4.12. The molecule has 0 saturated carbocycles. The molecule has 7 nitrogen and oxygen atoms in total. The Morgan fingerprint density at radius 2 is 1.70 bits per heavy atom. The van der Waals surface area contributed by atoms with E-state index in [1.807, 2.05) is 54.6 Å². The van der Waals surface area contributed by atoms with E-state index in [1.54, 1.807) is 18.5 Å². The Morgan fingerprint density at radius 3 is 2.37 bits per heavy atom. The van der Waals surface area contributed by atoms with Gasteiger partial charge in [0.1, 0.15) is 10.0 Å². The summed E-state index contributed by atoms with van der Waals surface area (Å²) in [5.41, 5.74) is 2.57. The highest BCUT2D eigenvalue weighted by atomic mass is 35.5. The number of fused-ring (bicyclic) bond motifs is 1. The average molecular weight is 402 g/mol. The van der Waals surface area contributed by atoms with Gasteiger partial charge in [-0.05, 0) is 31.2 Å². The predicted molar refractivity (Wildman–Crippen MR) is 105 cm³/mol. The normalized spacial score (nSPS) is 11.8. The molecular weight excluding hydrogens is 386 g/mol. The van der Waals surface area contributed by atoms with Crippen LogP contribution < -0.4 is 4.72 Å². The van der Waals surface area contributed by atoms with Gasteiger partial charge in [0.05, 0.1) is 16.7 Å². The molecule has 27 heavy (non-hydrogen) atoms. The number of hydrogen-bond acceptors (Lipinski definition) is 4. The number of halogens is 1. The highest BCUT2D eigenvalue weighted by molar-refractivity contribution is 7.92. The van der Waals surface area contributed by atoms with E-state index in [1.165, 1.54) is 4.68 Å². The molecule has 0 unspecified atom stereocenters. The third kappa shape index (κ3) is 2.96. The number of sulfonamides is 1. The first kappa shape index (κ1) is 17.6. The Bertz CT molecular complexity index is 1250. The lowest BCUT2D eigenvalue weighted by Gasteiger charge is -2.11. The van der Waals surface area contributed by atoms with Crippen molar-refractivity contribution in [2.24, 2.45) is 7.05 Å². The van der Waals surface area contributed by atoms with Crippen LogP contribution in [0.1, 0.15) is 5.69 Å². The van der Waals surface area contributed by atoms with Crippen molar-refractivity contribution >= 4 is 38.6 Å². The fraction of sp³-hybridized carbons (Fsp3) is 0.111. The van der Waals surface area contributed by atoms with Gasteiger partial charge in [0.15, 0.2) is 0 Å². The topological polar surface area (TPSA) is 81.8 Å². The molecule has 2 heterocycles. The summed E-state index contributed by atoms with van der Waals surface area (Å²) in [6.45, 7) is 1.60. The summed E-state index contributed by atoms with van der Waals surface area (Å²) in [6, 6.07) is 16.9. The molecule has 0 fully saturated rings. The Labute approximate surface area is 161 Å². The van der Waals surface area contributed by atoms with Crippen molar-refractivity contribution in [3.63, 3.8) is 0 Å². The first-order chi connectivity index (χ1) is 12.9. The Kier molecular flexibility index (Phi) is 4.16. The number of aromatic nitrogens is 4. The number of benzene rings is 2. The van der Waals surface area contributed by atoms with E-state index in [9.17, 15) is 8.42 Å². The van der Waals surface area contributed by atoms with Crippen molar-refractivity contribution in [3.8, 4) is 5.69 Å². The monoisotopic (exact) mass is 401 g/mol. The van der Waals surface area contributed by atoms with Gasteiger partial charge in [-0.2, -0.15) is 5.10 Å². The van der Waals surface area contributed by atoms with Gasteiger partial charge in [0.25, 0.3) is 10.0 Å². The fourth-order valence-electron chi connectivity index (χ4n) is 3.02. The van der Waals surface area contributed by atoms with Crippen LogP contribution in [0.25, 0.3) is 16.7 Å². The molecule has 0 spiro atoms. The van der Waals surface area contributed by atoms with Crippen molar-refractivity contribution in [3.05, 3.63) is 65.4 Å². The van der Waals surface area contributed by atoms with Crippen LogP contribution in [0, 0.1) is 6.92 Å². The summed E-state index contributed by atoms with van der Waals surface area (Å²) in [7, 11) is -2.39. The molecule has 0 aliphatic rings. The Balaban J connectivity index is 1.90. The molecule has 9 heteroatoms. The quantitative estimate of drug-likeness (QED) is 0.567. The zero-order chi connectivity index (χ0) is 19.2. The number of imidazole rings is 1. The number of nitrogens with one attached hydrogen (secondary N) is 1. The van der Waals surface area contributed by atoms with Gasteiger partial charge < -0.3 is 0 Å². The molecule has 0 aliphatic heterocycles. The standard InChI is InChI=1S/C18H16ClN5O2S/c1-12-16(17(19)23(2)21-12)27(25,26)22-18-20-14-10-6-7-11-15(14)24(18)13-8-4-3-5-9-13/h3-11H,1-2H3,(H,20,22). The minimum Gasteiger partial charge on any atom is -0.278 e. The molecule has 0 amide bonds. The average Bonchev–Trinajstić information content (AvgIpc) is 3.11. The van der Waals surface area contributed by atoms with E-state index in [0.717, 1.165) is 11.2 Å². The van der Waals surface area contributed by atoms with Crippen molar-refractivity contribution in [2.75, 3.05) is 4.72 Å². The number of hydrogen-bond donors (Lipinski definition) is 1. The Hall–Kier alpha value is -2.84. The molecular formula is C18H16ClN5O2S. The van der Waals surface area contributed by atoms with Crippen molar-refractivity contribution in [1.29, 1.82) is 0 Å². The van der Waals surface area contributed by atoms with E-state index in [0.29, 0.717) is 11.2 Å². The zero-order valence-electron chi connectivity index (χ0n) is 14.6. The summed E-state index contributed by atoms with van der Waals surface area (Å²) >= 11 is 6.15. The maximum absolute atomic E-state index is 13.0. The molecule has 0 saturated heterocycles. The van der Waals surface area contributed by atoms with Crippen LogP contribution >= 0.6 is 11.6 Å². The number of anilines is 1. The van der Waals surface area contributed by atoms with Crippen LogP contribution in [0.3, 0.4) is 0 Å². The molecule has 2 aromatic carbocycles. The lowest BCUT2D eigenvalue weighted by molar-refractivity contribution is 0.600.